The van der Waals surface area contributed by atoms with Gasteiger partial charge in [-0.1, -0.05) is 30.3 Å². The lowest BCUT2D eigenvalue weighted by atomic mass is 10.1. The number of benzene rings is 2. The smallest absolute Gasteiger partial charge is 0.202 e. The highest BCUT2D eigenvalue weighted by Gasteiger charge is 2.17. The van der Waals surface area contributed by atoms with E-state index in [1.54, 1.807) is 6.20 Å². The average molecular weight is 377 g/mol. The van der Waals surface area contributed by atoms with E-state index in [1.807, 2.05) is 74.5 Å². The van der Waals surface area contributed by atoms with Gasteiger partial charge >= 0.3 is 0 Å². The molecule has 1 atom stereocenters. The van der Waals surface area contributed by atoms with Gasteiger partial charge in [-0.15, -0.1) is 0 Å². The molecule has 0 radical (unpaired) electrons. The quantitative estimate of drug-likeness (QED) is 0.553. The Balaban J connectivity index is 1.76. The number of nitrogens with one attached hydrogen (secondary N) is 1. The number of para-hydroxylation sites is 2. The van der Waals surface area contributed by atoms with E-state index in [-0.39, 0.29) is 6.10 Å². The number of hydrogen-bond donors (Lipinski definition) is 1. The number of fused-ring (bicyclic) bond motifs is 1. The second kappa shape index (κ2) is 7.32. The van der Waals surface area contributed by atoms with Crippen molar-refractivity contribution in [2.24, 2.45) is 0 Å². The Morgan fingerprint density at radius 2 is 1.81 bits per heavy atom. The van der Waals surface area contributed by atoms with Crippen LogP contribution in [-0.4, -0.2) is 25.3 Å². The van der Waals surface area contributed by atoms with Crippen molar-refractivity contribution in [1.29, 1.82) is 0 Å². The third kappa shape index (κ3) is 3.61. The van der Waals surface area contributed by atoms with Gasteiger partial charge in [-0.3, -0.25) is 4.98 Å². The summed E-state index contributed by atoms with van der Waals surface area (Å²) in [4.78, 5) is 12.7. The number of pyridine rings is 1. The Labute approximate surface area is 159 Å². The van der Waals surface area contributed by atoms with Crippen LogP contribution in [0.3, 0.4) is 0 Å². The monoisotopic (exact) mass is 377 g/mol. The van der Waals surface area contributed by atoms with E-state index in [2.05, 4.69) is 15.0 Å². The number of aromatic amines is 1. The van der Waals surface area contributed by atoms with E-state index < -0.39 is 10.8 Å². The van der Waals surface area contributed by atoms with Crippen LogP contribution in [0.2, 0.25) is 0 Å². The van der Waals surface area contributed by atoms with Crippen LogP contribution in [0.5, 0.6) is 5.75 Å². The summed E-state index contributed by atoms with van der Waals surface area (Å²) < 4.78 is 19.0. The zero-order chi connectivity index (χ0) is 18.8. The molecule has 0 aliphatic heterocycles. The zero-order valence-corrected chi connectivity index (χ0v) is 15.9. The average Bonchev–Trinajstić information content (AvgIpc) is 3.11. The van der Waals surface area contributed by atoms with Crippen molar-refractivity contribution in [2.45, 2.75) is 30.0 Å². The lowest BCUT2D eigenvalue weighted by molar-refractivity contribution is 0.242. The summed E-state index contributed by atoms with van der Waals surface area (Å²) in [5.74, 6) is 0.735. The normalized spacial score (nSPS) is 12.4. The van der Waals surface area contributed by atoms with Crippen molar-refractivity contribution in [1.82, 2.24) is 15.0 Å². The van der Waals surface area contributed by atoms with Crippen LogP contribution in [0.25, 0.3) is 22.3 Å². The first kappa shape index (κ1) is 17.4. The maximum absolute atomic E-state index is 13.2. The minimum atomic E-state index is -1.46. The Kier molecular flexibility index (Phi) is 4.73. The zero-order valence-electron chi connectivity index (χ0n) is 15.0. The van der Waals surface area contributed by atoms with Gasteiger partial charge < -0.3 is 9.72 Å². The summed E-state index contributed by atoms with van der Waals surface area (Å²) in [6.45, 7) is 3.95. The number of imidazole rings is 1. The van der Waals surface area contributed by atoms with Gasteiger partial charge in [0, 0.05) is 17.8 Å². The molecule has 0 aliphatic rings. The molecule has 136 valence electrons. The molecular weight excluding hydrogens is 358 g/mol. The fourth-order valence-corrected chi connectivity index (χ4v) is 4.03. The van der Waals surface area contributed by atoms with E-state index in [0.717, 1.165) is 22.3 Å². The fourth-order valence-electron chi connectivity index (χ4n) is 2.87. The number of nitrogens with zero attached hydrogens (tertiary/aromatic N) is 2. The molecule has 0 aliphatic carbocycles. The van der Waals surface area contributed by atoms with Crippen molar-refractivity contribution >= 4 is 21.8 Å². The molecule has 0 saturated heterocycles. The molecule has 2 aromatic carbocycles. The van der Waals surface area contributed by atoms with Gasteiger partial charge in [-0.25, -0.2) is 9.19 Å². The molecule has 1 unspecified atom stereocenters. The number of H-pyrrole nitrogens is 1. The lowest BCUT2D eigenvalue weighted by Gasteiger charge is -2.12. The van der Waals surface area contributed by atoms with Gasteiger partial charge in [-0.05, 0) is 38.1 Å². The van der Waals surface area contributed by atoms with Crippen LogP contribution < -0.4 is 4.74 Å². The van der Waals surface area contributed by atoms with Crippen LogP contribution in [0.4, 0.5) is 0 Å². The first-order valence-corrected chi connectivity index (χ1v) is 9.85. The number of rotatable bonds is 5. The third-order valence-electron chi connectivity index (χ3n) is 4.01. The standard InChI is InChI=1S/C21H19N3O2S/c1-14(2)26-15-11-12-22-19(13-15)16-7-3-6-10-20(16)27(25)21-23-17-8-4-5-9-18(17)24-21/h3-14H,1-2H3,(H,23,24). The van der Waals surface area contributed by atoms with E-state index in [4.69, 9.17) is 4.74 Å². The van der Waals surface area contributed by atoms with Crippen LogP contribution in [0.15, 0.2) is 76.9 Å². The molecular formula is C21H19N3O2S. The molecule has 4 aromatic rings. The second-order valence-corrected chi connectivity index (χ2v) is 7.73. The minimum absolute atomic E-state index is 0.0696. The molecule has 6 heteroatoms. The van der Waals surface area contributed by atoms with Crippen LogP contribution in [-0.2, 0) is 10.8 Å². The maximum Gasteiger partial charge on any atom is 0.202 e. The SMILES string of the molecule is CC(C)Oc1ccnc(-c2ccccc2S(=O)c2nc3ccccc3[nH]2)c1. The maximum atomic E-state index is 13.2. The molecule has 0 bridgehead atoms. The fraction of sp³-hybridized carbons (Fsp3) is 0.143. The van der Waals surface area contributed by atoms with Crippen molar-refractivity contribution in [3.63, 3.8) is 0 Å². The van der Waals surface area contributed by atoms with Crippen LogP contribution in [0.1, 0.15) is 13.8 Å². The Morgan fingerprint density at radius 3 is 2.63 bits per heavy atom. The van der Waals surface area contributed by atoms with E-state index in [0.29, 0.717) is 15.7 Å². The predicted octanol–water partition coefficient (Wildman–Crippen LogP) is 4.58. The molecule has 2 heterocycles. The number of aromatic nitrogens is 3. The molecule has 2 aromatic heterocycles. The van der Waals surface area contributed by atoms with Gasteiger partial charge in [0.2, 0.25) is 5.16 Å². The molecule has 0 spiro atoms. The van der Waals surface area contributed by atoms with Gasteiger partial charge in [0.25, 0.3) is 0 Å². The number of hydrogen-bond acceptors (Lipinski definition) is 4. The lowest BCUT2D eigenvalue weighted by Crippen LogP contribution is -2.06. The second-order valence-electron chi connectivity index (χ2n) is 6.37. The van der Waals surface area contributed by atoms with Gasteiger partial charge in [-0.2, -0.15) is 0 Å². The van der Waals surface area contributed by atoms with Gasteiger partial charge in [0.05, 0.1) is 27.7 Å². The summed E-state index contributed by atoms with van der Waals surface area (Å²) in [6.07, 6.45) is 1.77. The van der Waals surface area contributed by atoms with E-state index in [1.165, 1.54) is 0 Å². The van der Waals surface area contributed by atoms with Crippen molar-refractivity contribution in [3.05, 3.63) is 66.9 Å². The molecule has 5 nitrogen and oxygen atoms in total. The summed E-state index contributed by atoms with van der Waals surface area (Å²) in [7, 11) is -1.46. The van der Waals surface area contributed by atoms with Crippen molar-refractivity contribution in [3.8, 4) is 17.0 Å². The Morgan fingerprint density at radius 1 is 1.04 bits per heavy atom. The van der Waals surface area contributed by atoms with Crippen LogP contribution in [0, 0.1) is 0 Å². The van der Waals surface area contributed by atoms with Crippen molar-refractivity contribution < 1.29 is 8.95 Å². The Bertz CT molecular complexity index is 1090. The highest BCUT2D eigenvalue weighted by molar-refractivity contribution is 7.85. The summed E-state index contributed by atoms with van der Waals surface area (Å²) >= 11 is 0. The first-order valence-electron chi connectivity index (χ1n) is 8.70. The van der Waals surface area contributed by atoms with Crippen LogP contribution >= 0.6 is 0 Å². The van der Waals surface area contributed by atoms with Crippen molar-refractivity contribution in [2.75, 3.05) is 0 Å². The Hall–Kier alpha value is -2.99. The van der Waals surface area contributed by atoms with E-state index >= 15 is 0 Å². The highest BCUT2D eigenvalue weighted by atomic mass is 32.2. The largest absolute Gasteiger partial charge is 0.491 e. The molecule has 27 heavy (non-hydrogen) atoms. The third-order valence-corrected chi connectivity index (χ3v) is 5.31. The summed E-state index contributed by atoms with van der Waals surface area (Å²) in [6, 6.07) is 18.9. The first-order chi connectivity index (χ1) is 13.1. The van der Waals surface area contributed by atoms with E-state index in [9.17, 15) is 4.21 Å². The number of ether oxygens (including phenoxy) is 1. The highest BCUT2D eigenvalue weighted by Crippen LogP contribution is 2.29. The molecule has 0 fully saturated rings. The molecule has 0 saturated carbocycles. The molecule has 1 N–H and O–H groups in total. The predicted molar refractivity (Wildman–Crippen MR) is 106 cm³/mol. The minimum Gasteiger partial charge on any atom is -0.491 e. The van der Waals surface area contributed by atoms with Gasteiger partial charge in [0.15, 0.2) is 0 Å². The summed E-state index contributed by atoms with van der Waals surface area (Å²) in [5, 5.41) is 0.429. The molecule has 4 rings (SSSR count). The van der Waals surface area contributed by atoms with Gasteiger partial charge in [0.1, 0.15) is 16.5 Å². The topological polar surface area (TPSA) is 67.9 Å². The summed E-state index contributed by atoms with van der Waals surface area (Å²) in [5.41, 5.74) is 3.17. The molecule has 0 amide bonds.